The summed E-state index contributed by atoms with van der Waals surface area (Å²) in [6.45, 7) is 5.27. The van der Waals surface area contributed by atoms with Crippen molar-refractivity contribution >= 4 is 38.5 Å². The van der Waals surface area contributed by atoms with Gasteiger partial charge in [-0.3, -0.25) is 0 Å². The molecule has 0 saturated heterocycles. The molecular formula is C17H19BrIN. The molecule has 0 saturated carbocycles. The van der Waals surface area contributed by atoms with Gasteiger partial charge in [0.15, 0.2) is 0 Å². The van der Waals surface area contributed by atoms with E-state index >= 15 is 0 Å². The molecule has 2 aromatic rings. The second kappa shape index (κ2) is 7.57. The Hall–Kier alpha value is -0.390. The Morgan fingerprint density at radius 1 is 1.20 bits per heavy atom. The maximum absolute atomic E-state index is 3.69. The summed E-state index contributed by atoms with van der Waals surface area (Å²) >= 11 is 6.06. The number of rotatable bonds is 5. The molecule has 106 valence electrons. The Bertz CT molecular complexity index is 583. The molecule has 0 aliphatic heterocycles. The lowest BCUT2D eigenvalue weighted by molar-refractivity contribution is 0.547. The molecule has 0 amide bonds. The molecule has 2 aromatic carbocycles. The van der Waals surface area contributed by atoms with Crippen molar-refractivity contribution in [2.24, 2.45) is 0 Å². The van der Waals surface area contributed by atoms with Crippen molar-refractivity contribution in [3.8, 4) is 0 Å². The Morgan fingerprint density at radius 3 is 2.70 bits per heavy atom. The SMILES string of the molecule is CCNC(Cc1cccc(C)c1)c1cc(I)ccc1Br. The molecule has 0 heterocycles. The third-order valence-electron chi connectivity index (χ3n) is 3.31. The molecule has 1 atom stereocenters. The van der Waals surface area contributed by atoms with Crippen LogP contribution in [0.1, 0.15) is 29.7 Å². The lowest BCUT2D eigenvalue weighted by Gasteiger charge is -2.20. The van der Waals surface area contributed by atoms with Gasteiger partial charge in [-0.25, -0.2) is 0 Å². The quantitative estimate of drug-likeness (QED) is 0.622. The van der Waals surface area contributed by atoms with Crippen molar-refractivity contribution < 1.29 is 0 Å². The van der Waals surface area contributed by atoms with Crippen LogP contribution in [-0.2, 0) is 6.42 Å². The van der Waals surface area contributed by atoms with Gasteiger partial charge < -0.3 is 5.32 Å². The molecule has 1 unspecified atom stereocenters. The number of hydrogen-bond acceptors (Lipinski definition) is 1. The molecule has 0 aliphatic rings. The monoisotopic (exact) mass is 443 g/mol. The number of hydrogen-bond donors (Lipinski definition) is 1. The maximum Gasteiger partial charge on any atom is 0.0372 e. The van der Waals surface area contributed by atoms with Crippen LogP contribution in [0.3, 0.4) is 0 Å². The van der Waals surface area contributed by atoms with E-state index in [1.54, 1.807) is 0 Å². The van der Waals surface area contributed by atoms with Crippen molar-refractivity contribution in [2.75, 3.05) is 6.54 Å². The van der Waals surface area contributed by atoms with Crippen LogP contribution >= 0.6 is 38.5 Å². The predicted molar refractivity (Wildman–Crippen MR) is 98.2 cm³/mol. The van der Waals surface area contributed by atoms with Crippen molar-refractivity contribution in [2.45, 2.75) is 26.3 Å². The molecule has 0 aromatic heterocycles. The van der Waals surface area contributed by atoms with Crippen molar-refractivity contribution in [1.82, 2.24) is 5.32 Å². The van der Waals surface area contributed by atoms with E-state index < -0.39 is 0 Å². The smallest absolute Gasteiger partial charge is 0.0372 e. The van der Waals surface area contributed by atoms with Gasteiger partial charge in [0.1, 0.15) is 0 Å². The summed E-state index contributed by atoms with van der Waals surface area (Å²) in [5.74, 6) is 0. The van der Waals surface area contributed by atoms with Crippen LogP contribution in [0, 0.1) is 10.5 Å². The van der Waals surface area contributed by atoms with Crippen LogP contribution in [0.5, 0.6) is 0 Å². The molecule has 1 N–H and O–H groups in total. The number of nitrogens with one attached hydrogen (secondary N) is 1. The van der Waals surface area contributed by atoms with E-state index in [4.69, 9.17) is 0 Å². The Kier molecular flexibility index (Phi) is 6.05. The average Bonchev–Trinajstić information content (AvgIpc) is 2.41. The minimum atomic E-state index is 0.339. The summed E-state index contributed by atoms with van der Waals surface area (Å²) in [7, 11) is 0. The standard InChI is InChI=1S/C17H19BrIN/c1-3-20-17(10-13-6-4-5-12(2)9-13)15-11-14(19)7-8-16(15)18/h4-9,11,17,20H,3,10H2,1-2H3. The van der Waals surface area contributed by atoms with Gasteiger partial charge in [-0.05, 0) is 71.8 Å². The normalized spacial score (nSPS) is 12.4. The van der Waals surface area contributed by atoms with Crippen LogP contribution in [-0.4, -0.2) is 6.54 Å². The Morgan fingerprint density at radius 2 is 2.00 bits per heavy atom. The average molecular weight is 444 g/mol. The predicted octanol–water partition coefficient (Wildman–Crippen LogP) is 5.26. The highest BCUT2D eigenvalue weighted by Crippen LogP contribution is 2.28. The highest BCUT2D eigenvalue weighted by molar-refractivity contribution is 14.1. The third kappa shape index (κ3) is 4.30. The topological polar surface area (TPSA) is 12.0 Å². The highest BCUT2D eigenvalue weighted by atomic mass is 127. The van der Waals surface area contributed by atoms with Crippen LogP contribution in [0.25, 0.3) is 0 Å². The lowest BCUT2D eigenvalue weighted by Crippen LogP contribution is -2.23. The minimum absolute atomic E-state index is 0.339. The molecule has 20 heavy (non-hydrogen) atoms. The lowest BCUT2D eigenvalue weighted by atomic mass is 9.98. The van der Waals surface area contributed by atoms with E-state index in [9.17, 15) is 0 Å². The third-order valence-corrected chi connectivity index (χ3v) is 4.70. The molecule has 0 spiro atoms. The van der Waals surface area contributed by atoms with Crippen molar-refractivity contribution in [3.05, 3.63) is 67.2 Å². The van der Waals surface area contributed by atoms with E-state index in [0.717, 1.165) is 13.0 Å². The fraction of sp³-hybridized carbons (Fsp3) is 0.294. The van der Waals surface area contributed by atoms with Crippen LogP contribution < -0.4 is 5.32 Å². The van der Waals surface area contributed by atoms with E-state index in [0.29, 0.717) is 6.04 Å². The van der Waals surface area contributed by atoms with Gasteiger partial charge in [-0.1, -0.05) is 52.7 Å². The van der Waals surface area contributed by atoms with Gasteiger partial charge in [-0.15, -0.1) is 0 Å². The zero-order chi connectivity index (χ0) is 14.5. The number of likely N-dealkylation sites (N-methyl/N-ethyl adjacent to an activating group) is 1. The Labute approximate surface area is 143 Å². The van der Waals surface area contributed by atoms with Crippen LogP contribution in [0.15, 0.2) is 46.9 Å². The molecular weight excluding hydrogens is 425 g/mol. The first-order valence-corrected chi connectivity index (χ1v) is 8.71. The van der Waals surface area contributed by atoms with E-state index in [2.05, 4.69) is 100 Å². The first-order chi connectivity index (χ1) is 9.60. The number of aryl methyl sites for hydroxylation is 1. The molecule has 3 heteroatoms. The first kappa shape index (κ1) is 16.0. The van der Waals surface area contributed by atoms with Gasteiger partial charge >= 0.3 is 0 Å². The fourth-order valence-electron chi connectivity index (χ4n) is 2.39. The van der Waals surface area contributed by atoms with Crippen LogP contribution in [0.2, 0.25) is 0 Å². The van der Waals surface area contributed by atoms with Crippen LogP contribution in [0.4, 0.5) is 0 Å². The van der Waals surface area contributed by atoms with Gasteiger partial charge in [0.25, 0.3) is 0 Å². The van der Waals surface area contributed by atoms with Gasteiger partial charge in [-0.2, -0.15) is 0 Å². The number of benzene rings is 2. The van der Waals surface area contributed by atoms with Gasteiger partial charge in [0.05, 0.1) is 0 Å². The van der Waals surface area contributed by atoms with Crippen molar-refractivity contribution in [3.63, 3.8) is 0 Å². The molecule has 0 bridgehead atoms. The minimum Gasteiger partial charge on any atom is -0.310 e. The second-order valence-electron chi connectivity index (χ2n) is 4.97. The van der Waals surface area contributed by atoms with Gasteiger partial charge in [0, 0.05) is 14.1 Å². The zero-order valence-corrected chi connectivity index (χ0v) is 15.5. The Balaban J connectivity index is 2.29. The van der Waals surface area contributed by atoms with Crippen molar-refractivity contribution in [1.29, 1.82) is 0 Å². The zero-order valence-electron chi connectivity index (χ0n) is 11.8. The maximum atomic E-state index is 3.69. The van der Waals surface area contributed by atoms with E-state index in [-0.39, 0.29) is 0 Å². The summed E-state index contributed by atoms with van der Waals surface area (Å²) in [6.07, 6.45) is 1.01. The fourth-order valence-corrected chi connectivity index (χ4v) is 3.43. The van der Waals surface area contributed by atoms with E-state index in [1.165, 1.54) is 24.7 Å². The molecule has 0 aliphatic carbocycles. The summed E-state index contributed by atoms with van der Waals surface area (Å²) < 4.78 is 2.45. The highest BCUT2D eigenvalue weighted by Gasteiger charge is 2.14. The number of halogens is 2. The largest absolute Gasteiger partial charge is 0.310 e. The first-order valence-electron chi connectivity index (χ1n) is 6.84. The molecule has 0 radical (unpaired) electrons. The molecule has 2 rings (SSSR count). The summed E-state index contributed by atoms with van der Waals surface area (Å²) in [5.41, 5.74) is 4.03. The summed E-state index contributed by atoms with van der Waals surface area (Å²) in [5, 5.41) is 3.60. The summed E-state index contributed by atoms with van der Waals surface area (Å²) in [6, 6.07) is 15.6. The second-order valence-corrected chi connectivity index (χ2v) is 7.07. The van der Waals surface area contributed by atoms with Gasteiger partial charge in [0.2, 0.25) is 0 Å². The summed E-state index contributed by atoms with van der Waals surface area (Å²) in [4.78, 5) is 0. The van der Waals surface area contributed by atoms with E-state index in [1.807, 2.05) is 0 Å². The molecule has 0 fully saturated rings. The molecule has 1 nitrogen and oxygen atoms in total.